The molecule has 0 atom stereocenters. The van der Waals surface area contributed by atoms with Crippen LogP contribution in [0.2, 0.25) is 0 Å². The third-order valence-corrected chi connectivity index (χ3v) is 5.89. The van der Waals surface area contributed by atoms with Crippen LogP contribution in [0.5, 0.6) is 11.5 Å². The van der Waals surface area contributed by atoms with Crippen molar-refractivity contribution >= 4 is 28.8 Å². The molecule has 0 aliphatic carbocycles. The quantitative estimate of drug-likeness (QED) is 0.309. The van der Waals surface area contributed by atoms with E-state index >= 15 is 0 Å². The molecule has 2 aromatic heterocycles. The predicted molar refractivity (Wildman–Crippen MR) is 136 cm³/mol. The maximum absolute atomic E-state index is 10.1. The van der Waals surface area contributed by atoms with Gasteiger partial charge in [-0.15, -0.1) is 0 Å². The molecule has 0 spiro atoms. The van der Waals surface area contributed by atoms with Crippen molar-refractivity contribution in [1.29, 1.82) is 5.26 Å². The average molecular weight is 446 g/mol. The van der Waals surface area contributed by atoms with Gasteiger partial charge in [-0.05, 0) is 53.9 Å². The summed E-state index contributed by atoms with van der Waals surface area (Å²) in [6, 6.07) is 26.5. The lowest BCUT2D eigenvalue weighted by atomic mass is 10.0. The van der Waals surface area contributed by atoms with Gasteiger partial charge >= 0.3 is 0 Å². The molecular weight excluding hydrogens is 422 g/mol. The maximum atomic E-state index is 10.1. The third kappa shape index (κ3) is 3.76. The van der Waals surface area contributed by atoms with Crippen LogP contribution in [0.3, 0.4) is 0 Å². The van der Waals surface area contributed by atoms with E-state index in [9.17, 15) is 5.26 Å². The zero-order valence-electron chi connectivity index (χ0n) is 19.2. The highest BCUT2D eigenvalue weighted by atomic mass is 16.5. The molecule has 5 rings (SSSR count). The van der Waals surface area contributed by atoms with E-state index < -0.39 is 0 Å². The zero-order valence-corrected chi connectivity index (χ0v) is 19.2. The van der Waals surface area contributed by atoms with Crippen LogP contribution in [0.25, 0.3) is 40.1 Å². The van der Waals surface area contributed by atoms with Gasteiger partial charge in [0.25, 0.3) is 0 Å². The number of methoxy groups -OCH3 is 2. The molecule has 0 saturated heterocycles. The summed E-state index contributed by atoms with van der Waals surface area (Å²) >= 11 is 0. The summed E-state index contributed by atoms with van der Waals surface area (Å²) in [4.78, 5) is 4.83. The minimum absolute atomic E-state index is 0.526. The maximum Gasteiger partial charge on any atom is 0.157 e. The number of benzene rings is 3. The van der Waals surface area contributed by atoms with Gasteiger partial charge in [-0.2, -0.15) is 5.26 Å². The Balaban J connectivity index is 1.76. The zero-order chi connectivity index (χ0) is 23.7. The number of hydrogen-bond acceptors (Lipinski definition) is 4. The fourth-order valence-corrected chi connectivity index (χ4v) is 4.15. The average Bonchev–Trinajstić information content (AvgIpc) is 3.26. The summed E-state index contributed by atoms with van der Waals surface area (Å²) in [5, 5.41) is 10.1. The highest BCUT2D eigenvalue weighted by molar-refractivity contribution is 5.89. The molecule has 0 amide bonds. The third-order valence-electron chi connectivity index (χ3n) is 5.89. The fraction of sp³-hybridized carbons (Fsp3) is 0.103. The smallest absolute Gasteiger partial charge is 0.157 e. The summed E-state index contributed by atoms with van der Waals surface area (Å²) in [5.74, 6) is 1.41. The Labute approximate surface area is 198 Å². The number of aryl methyl sites for hydroxylation is 1. The summed E-state index contributed by atoms with van der Waals surface area (Å²) in [6.45, 7) is 2.07. The topological polar surface area (TPSA) is 59.5 Å². The molecular formula is C29H23N3O2. The normalized spacial score (nSPS) is 11.2. The lowest BCUT2D eigenvalue weighted by molar-refractivity contribution is 0.394. The van der Waals surface area contributed by atoms with Gasteiger partial charge in [-0.25, -0.2) is 4.98 Å². The standard InChI is InChI=1S/C29H23N3O2/c1-19-8-11-21(12-9-19)28-16-22(13-10-20-14-23(33-2)17-24(15-20)34-3)25(18-30)29-31-26-6-4-5-7-27(26)32(28)29/h4-17H,1-3H3/b13-10+. The number of ether oxygens (including phenoxy) is 2. The molecule has 5 heteroatoms. The molecule has 3 aromatic carbocycles. The van der Waals surface area contributed by atoms with Crippen molar-refractivity contribution in [1.82, 2.24) is 9.38 Å². The number of nitrogens with zero attached hydrogens (tertiary/aromatic N) is 3. The van der Waals surface area contributed by atoms with Crippen LogP contribution in [0, 0.1) is 18.3 Å². The van der Waals surface area contributed by atoms with Crippen molar-refractivity contribution in [2.24, 2.45) is 0 Å². The monoisotopic (exact) mass is 445 g/mol. The van der Waals surface area contributed by atoms with E-state index in [0.717, 1.165) is 33.4 Å². The molecule has 34 heavy (non-hydrogen) atoms. The SMILES string of the molecule is COc1cc(/C=C/c2cc(-c3ccc(C)cc3)n3c(nc4ccccc43)c2C#N)cc(OC)c1. The largest absolute Gasteiger partial charge is 0.497 e. The Morgan fingerprint density at radius 1 is 0.882 bits per heavy atom. The number of imidazole rings is 1. The Morgan fingerprint density at radius 2 is 1.59 bits per heavy atom. The van der Waals surface area contributed by atoms with Gasteiger partial charge in [0.05, 0.1) is 30.9 Å². The van der Waals surface area contributed by atoms with Crippen molar-refractivity contribution in [2.45, 2.75) is 6.92 Å². The molecule has 5 nitrogen and oxygen atoms in total. The van der Waals surface area contributed by atoms with Crippen LogP contribution in [0.1, 0.15) is 22.3 Å². The van der Waals surface area contributed by atoms with E-state index in [4.69, 9.17) is 14.5 Å². The number of rotatable bonds is 5. The van der Waals surface area contributed by atoms with E-state index in [1.165, 1.54) is 5.56 Å². The van der Waals surface area contributed by atoms with E-state index in [1.54, 1.807) is 14.2 Å². The molecule has 0 bridgehead atoms. The second kappa shape index (κ2) is 8.76. The first-order valence-electron chi connectivity index (χ1n) is 10.9. The number of fused-ring (bicyclic) bond motifs is 3. The van der Waals surface area contributed by atoms with Crippen molar-refractivity contribution < 1.29 is 9.47 Å². The molecule has 0 saturated carbocycles. The van der Waals surface area contributed by atoms with Crippen molar-refractivity contribution in [3.63, 3.8) is 0 Å². The van der Waals surface area contributed by atoms with Gasteiger partial charge in [-0.3, -0.25) is 4.40 Å². The lowest BCUT2D eigenvalue weighted by Crippen LogP contribution is -1.98. The van der Waals surface area contributed by atoms with Gasteiger partial charge in [0, 0.05) is 6.07 Å². The van der Waals surface area contributed by atoms with Crippen LogP contribution in [0.15, 0.2) is 72.8 Å². The number of para-hydroxylation sites is 2. The van der Waals surface area contributed by atoms with E-state index in [2.05, 4.69) is 47.7 Å². The minimum Gasteiger partial charge on any atom is -0.497 e. The van der Waals surface area contributed by atoms with E-state index in [1.807, 2.05) is 54.6 Å². The summed E-state index contributed by atoms with van der Waals surface area (Å²) in [7, 11) is 3.25. The number of hydrogen-bond donors (Lipinski definition) is 0. The molecule has 0 unspecified atom stereocenters. The molecule has 2 heterocycles. The first-order chi connectivity index (χ1) is 16.6. The summed E-state index contributed by atoms with van der Waals surface area (Å²) < 4.78 is 12.9. The van der Waals surface area contributed by atoms with Crippen LogP contribution in [0.4, 0.5) is 0 Å². The molecule has 0 fully saturated rings. The Hall–Kier alpha value is -4.56. The van der Waals surface area contributed by atoms with Crippen LogP contribution >= 0.6 is 0 Å². The van der Waals surface area contributed by atoms with E-state index in [0.29, 0.717) is 22.7 Å². The van der Waals surface area contributed by atoms with Crippen molar-refractivity contribution in [3.8, 4) is 28.8 Å². The molecule has 5 aromatic rings. The Bertz CT molecular complexity index is 1570. The highest BCUT2D eigenvalue weighted by Crippen LogP contribution is 2.32. The second-order valence-electron chi connectivity index (χ2n) is 8.08. The number of pyridine rings is 1. The highest BCUT2D eigenvalue weighted by Gasteiger charge is 2.17. The first-order valence-corrected chi connectivity index (χ1v) is 10.9. The number of aromatic nitrogens is 2. The van der Waals surface area contributed by atoms with Gasteiger partial charge in [0.15, 0.2) is 5.65 Å². The van der Waals surface area contributed by atoms with Gasteiger partial charge < -0.3 is 9.47 Å². The first kappa shape index (κ1) is 21.3. The number of nitriles is 1. The van der Waals surface area contributed by atoms with Gasteiger partial charge in [0.2, 0.25) is 0 Å². The van der Waals surface area contributed by atoms with Gasteiger partial charge in [0.1, 0.15) is 23.1 Å². The molecule has 0 N–H and O–H groups in total. The molecule has 0 aliphatic rings. The van der Waals surface area contributed by atoms with Crippen LogP contribution in [-0.2, 0) is 0 Å². The second-order valence-corrected chi connectivity index (χ2v) is 8.08. The fourth-order valence-electron chi connectivity index (χ4n) is 4.15. The van der Waals surface area contributed by atoms with Crippen LogP contribution in [-0.4, -0.2) is 23.6 Å². The summed E-state index contributed by atoms with van der Waals surface area (Å²) in [5.41, 5.74) is 7.92. The minimum atomic E-state index is 0.526. The van der Waals surface area contributed by atoms with Gasteiger partial charge in [-0.1, -0.05) is 54.1 Å². The van der Waals surface area contributed by atoms with Crippen molar-refractivity contribution in [2.75, 3.05) is 14.2 Å². The molecule has 166 valence electrons. The Morgan fingerprint density at radius 3 is 2.26 bits per heavy atom. The van der Waals surface area contributed by atoms with Crippen molar-refractivity contribution in [3.05, 3.63) is 95.1 Å². The molecule has 0 radical (unpaired) electrons. The summed E-state index contributed by atoms with van der Waals surface area (Å²) in [6.07, 6.45) is 3.91. The molecule has 0 aliphatic heterocycles. The van der Waals surface area contributed by atoms with E-state index in [-0.39, 0.29) is 0 Å². The van der Waals surface area contributed by atoms with Crippen LogP contribution < -0.4 is 9.47 Å². The lowest BCUT2D eigenvalue weighted by Gasteiger charge is -2.11. The predicted octanol–water partition coefficient (Wildman–Crippen LogP) is 6.52. The Kier molecular flexibility index (Phi) is 5.49.